The predicted molar refractivity (Wildman–Crippen MR) is 83.0 cm³/mol. The van der Waals surface area contributed by atoms with E-state index in [9.17, 15) is 21.8 Å². The summed E-state index contributed by atoms with van der Waals surface area (Å²) in [7, 11) is 0.0310. The van der Waals surface area contributed by atoms with E-state index in [1.807, 2.05) is 0 Å². The molecule has 0 aliphatic rings. The Morgan fingerprint density at radius 1 is 1.48 bits per heavy atom. The van der Waals surface area contributed by atoms with E-state index in [1.165, 1.54) is 0 Å². The summed E-state index contributed by atoms with van der Waals surface area (Å²) >= 11 is 2.87. The summed E-state index contributed by atoms with van der Waals surface area (Å²) in [5.41, 5.74) is -0.445. The van der Waals surface area contributed by atoms with Gasteiger partial charge in [0.2, 0.25) is 0 Å². The Labute approximate surface area is 137 Å². The first kappa shape index (κ1) is 18.5. The number of benzene rings is 1. The number of amides is 1. The van der Waals surface area contributed by atoms with Crippen LogP contribution in [-0.2, 0) is 19.9 Å². The molecule has 1 unspecified atom stereocenters. The quantitative estimate of drug-likeness (QED) is 0.714. The number of hydrogen-bond acceptors (Lipinski definition) is 4. The van der Waals surface area contributed by atoms with Crippen molar-refractivity contribution in [2.45, 2.75) is 11.8 Å². The first-order valence-electron chi connectivity index (χ1n) is 5.73. The standard InChI is InChI=1S/C11H12BrClFNO4S2/c1-2-20(17)4-3-15-11(16)7-5-10(21(13,18)19)8(12)6-9(7)14/h5-6H,2-4H2,1H3,(H,15,16). The van der Waals surface area contributed by atoms with Gasteiger partial charge in [0.1, 0.15) is 5.82 Å². The van der Waals surface area contributed by atoms with Gasteiger partial charge in [-0.15, -0.1) is 0 Å². The molecule has 10 heteroatoms. The van der Waals surface area contributed by atoms with E-state index in [2.05, 4.69) is 21.2 Å². The third kappa shape index (κ3) is 5.32. The van der Waals surface area contributed by atoms with Gasteiger partial charge in [-0.25, -0.2) is 12.8 Å². The van der Waals surface area contributed by atoms with Gasteiger partial charge in [-0.3, -0.25) is 9.00 Å². The average Bonchev–Trinajstić information content (AvgIpc) is 2.36. The molecule has 21 heavy (non-hydrogen) atoms. The summed E-state index contributed by atoms with van der Waals surface area (Å²) in [5, 5.41) is 2.38. The second-order valence-electron chi connectivity index (χ2n) is 3.89. The number of hydrogen-bond donors (Lipinski definition) is 1. The summed E-state index contributed by atoms with van der Waals surface area (Å²) in [5.74, 6) is -0.993. The Morgan fingerprint density at radius 3 is 2.62 bits per heavy atom. The van der Waals surface area contributed by atoms with Crippen LogP contribution < -0.4 is 5.32 Å². The van der Waals surface area contributed by atoms with E-state index in [1.54, 1.807) is 6.92 Å². The highest BCUT2D eigenvalue weighted by Crippen LogP contribution is 2.28. The third-order valence-electron chi connectivity index (χ3n) is 2.47. The molecule has 1 N–H and O–H groups in total. The molecule has 118 valence electrons. The van der Waals surface area contributed by atoms with Crippen molar-refractivity contribution in [3.05, 3.63) is 28.0 Å². The molecule has 5 nitrogen and oxygen atoms in total. The topological polar surface area (TPSA) is 80.3 Å². The van der Waals surface area contributed by atoms with Crippen molar-refractivity contribution in [1.29, 1.82) is 0 Å². The molecule has 1 rings (SSSR count). The van der Waals surface area contributed by atoms with Crippen LogP contribution in [0.1, 0.15) is 17.3 Å². The molecule has 1 aromatic carbocycles. The van der Waals surface area contributed by atoms with E-state index >= 15 is 0 Å². The number of carbonyl (C=O) groups is 1. The fraction of sp³-hybridized carbons (Fsp3) is 0.364. The van der Waals surface area contributed by atoms with Crippen LogP contribution in [0.15, 0.2) is 21.5 Å². The first-order chi connectivity index (χ1) is 9.66. The molecule has 0 radical (unpaired) electrons. The lowest BCUT2D eigenvalue weighted by molar-refractivity contribution is 0.0952. The number of rotatable bonds is 6. The van der Waals surface area contributed by atoms with Gasteiger partial charge in [0.05, 0.1) is 10.5 Å². The van der Waals surface area contributed by atoms with Gasteiger partial charge < -0.3 is 5.32 Å². The highest BCUT2D eigenvalue weighted by atomic mass is 79.9. The zero-order chi connectivity index (χ0) is 16.2. The van der Waals surface area contributed by atoms with Gasteiger partial charge in [-0.2, -0.15) is 0 Å². The van der Waals surface area contributed by atoms with E-state index in [-0.39, 0.29) is 16.8 Å². The zero-order valence-corrected chi connectivity index (χ0v) is 14.8. The predicted octanol–water partition coefficient (Wildman–Crippen LogP) is 2.01. The lowest BCUT2D eigenvalue weighted by atomic mass is 10.2. The molecule has 0 aromatic heterocycles. The second-order valence-corrected chi connectivity index (χ2v) is 9.14. The minimum Gasteiger partial charge on any atom is -0.351 e. The van der Waals surface area contributed by atoms with Crippen LogP contribution in [0.2, 0.25) is 0 Å². The molecule has 1 aromatic rings. The van der Waals surface area contributed by atoms with Gasteiger partial charge in [0.25, 0.3) is 15.0 Å². The van der Waals surface area contributed by atoms with Gasteiger partial charge in [-0.1, -0.05) is 6.92 Å². The zero-order valence-electron chi connectivity index (χ0n) is 10.9. The highest BCUT2D eigenvalue weighted by Gasteiger charge is 2.21. The van der Waals surface area contributed by atoms with E-state index in [4.69, 9.17) is 10.7 Å². The monoisotopic (exact) mass is 419 g/mol. The molecular formula is C11H12BrClFNO4S2. The van der Waals surface area contributed by atoms with Crippen molar-refractivity contribution >= 4 is 52.4 Å². The summed E-state index contributed by atoms with van der Waals surface area (Å²) in [6.07, 6.45) is 0. The van der Waals surface area contributed by atoms with E-state index in [0.717, 1.165) is 12.1 Å². The molecule has 0 aliphatic heterocycles. The number of nitrogens with one attached hydrogen (secondary N) is 1. The van der Waals surface area contributed by atoms with Crippen LogP contribution in [-0.4, -0.2) is 36.6 Å². The Hall–Kier alpha value is -0.510. The van der Waals surface area contributed by atoms with Crippen molar-refractivity contribution in [3.63, 3.8) is 0 Å². The van der Waals surface area contributed by atoms with Crippen molar-refractivity contribution < 1.29 is 21.8 Å². The minimum atomic E-state index is -4.11. The molecule has 0 saturated heterocycles. The Kier molecular flexibility index (Phi) is 6.76. The molecule has 0 saturated carbocycles. The van der Waals surface area contributed by atoms with Crippen LogP contribution in [0.25, 0.3) is 0 Å². The van der Waals surface area contributed by atoms with Crippen LogP contribution in [0, 0.1) is 5.82 Å². The fourth-order valence-corrected chi connectivity index (χ4v) is 4.19. The molecule has 0 fully saturated rings. The summed E-state index contributed by atoms with van der Waals surface area (Å²) in [4.78, 5) is 11.4. The fourth-order valence-electron chi connectivity index (χ4n) is 1.41. The molecule has 0 heterocycles. The van der Waals surface area contributed by atoms with Crippen molar-refractivity contribution in [2.75, 3.05) is 18.1 Å². The van der Waals surface area contributed by atoms with E-state index in [0.29, 0.717) is 5.75 Å². The third-order valence-corrected chi connectivity index (χ3v) is 6.05. The van der Waals surface area contributed by atoms with Crippen molar-refractivity contribution in [3.8, 4) is 0 Å². The van der Waals surface area contributed by atoms with Gasteiger partial charge in [0.15, 0.2) is 0 Å². The van der Waals surface area contributed by atoms with E-state index < -0.39 is 42.0 Å². The maximum absolute atomic E-state index is 13.7. The van der Waals surface area contributed by atoms with Gasteiger partial charge in [-0.05, 0) is 28.1 Å². The van der Waals surface area contributed by atoms with Crippen molar-refractivity contribution in [1.82, 2.24) is 5.32 Å². The molecule has 0 aliphatic carbocycles. The second kappa shape index (κ2) is 7.66. The molecule has 0 bridgehead atoms. The lowest BCUT2D eigenvalue weighted by Gasteiger charge is -2.08. The normalized spacial score (nSPS) is 13.0. The molecule has 1 amide bonds. The highest BCUT2D eigenvalue weighted by molar-refractivity contribution is 9.10. The maximum atomic E-state index is 13.7. The molecular weight excluding hydrogens is 409 g/mol. The maximum Gasteiger partial charge on any atom is 0.262 e. The Morgan fingerprint density at radius 2 is 2.10 bits per heavy atom. The average molecular weight is 421 g/mol. The summed E-state index contributed by atoms with van der Waals surface area (Å²) < 4.78 is 47.5. The summed E-state index contributed by atoms with van der Waals surface area (Å²) in [6, 6.07) is 1.71. The van der Waals surface area contributed by atoms with Crippen LogP contribution in [0.3, 0.4) is 0 Å². The minimum absolute atomic E-state index is 0.0707. The van der Waals surface area contributed by atoms with Crippen LogP contribution >= 0.6 is 26.6 Å². The van der Waals surface area contributed by atoms with Gasteiger partial charge in [0, 0.05) is 44.0 Å². The molecule has 1 atom stereocenters. The SMILES string of the molecule is CCS(=O)CCNC(=O)c1cc(S(=O)(=O)Cl)c(Br)cc1F. The number of carbonyl (C=O) groups excluding carboxylic acids is 1. The van der Waals surface area contributed by atoms with Crippen LogP contribution in [0.5, 0.6) is 0 Å². The number of halogens is 3. The summed E-state index contributed by atoms with van der Waals surface area (Å²) in [6.45, 7) is 1.83. The molecule has 0 spiro atoms. The van der Waals surface area contributed by atoms with Gasteiger partial charge >= 0.3 is 0 Å². The smallest absolute Gasteiger partial charge is 0.262 e. The van der Waals surface area contributed by atoms with Crippen molar-refractivity contribution in [2.24, 2.45) is 0 Å². The Bertz CT molecular complexity index is 681. The largest absolute Gasteiger partial charge is 0.351 e. The lowest BCUT2D eigenvalue weighted by Crippen LogP contribution is -2.29. The first-order valence-corrected chi connectivity index (χ1v) is 10.3. The Balaban J connectivity index is 2.97. The van der Waals surface area contributed by atoms with Crippen LogP contribution in [0.4, 0.5) is 4.39 Å².